The lowest BCUT2D eigenvalue weighted by molar-refractivity contribution is -0.115. The highest BCUT2D eigenvalue weighted by Crippen LogP contribution is 2.18. The van der Waals surface area contributed by atoms with Crippen molar-refractivity contribution in [1.82, 2.24) is 4.57 Å². The van der Waals surface area contributed by atoms with E-state index in [1.54, 1.807) is 24.3 Å². The lowest BCUT2D eigenvalue weighted by Gasteiger charge is -2.06. The Kier molecular flexibility index (Phi) is 5.66. The van der Waals surface area contributed by atoms with E-state index in [2.05, 4.69) is 32.3 Å². The topological polar surface area (TPSA) is 70.2 Å². The zero-order chi connectivity index (χ0) is 18.5. The molecule has 1 amide bonds. The van der Waals surface area contributed by atoms with Crippen LogP contribution >= 0.6 is 27.3 Å². The van der Waals surface area contributed by atoms with Crippen molar-refractivity contribution in [2.45, 2.75) is 6.42 Å². The fraction of sp³-hybridized carbons (Fsp3) is 0.105. The summed E-state index contributed by atoms with van der Waals surface area (Å²) in [4.78, 5) is 17.7. The Morgan fingerprint density at radius 3 is 2.77 bits per heavy atom. The molecule has 130 valence electrons. The summed E-state index contributed by atoms with van der Waals surface area (Å²) in [6.07, 6.45) is 0.251. The Labute approximate surface area is 163 Å². The van der Waals surface area contributed by atoms with Crippen molar-refractivity contribution >= 4 is 44.5 Å². The average Bonchev–Trinajstić information content (AvgIpc) is 2.96. The van der Waals surface area contributed by atoms with Crippen LogP contribution in [0.4, 0.5) is 11.4 Å². The molecule has 7 heteroatoms. The summed E-state index contributed by atoms with van der Waals surface area (Å²) in [5.74, 6) is -0.114. The molecule has 0 fully saturated rings. The Morgan fingerprint density at radius 2 is 2.08 bits per heavy atom. The predicted octanol–water partition coefficient (Wildman–Crippen LogP) is 4.13. The number of nitrogens with one attached hydrogen (secondary N) is 1. The zero-order valence-electron chi connectivity index (χ0n) is 13.9. The van der Waals surface area contributed by atoms with Gasteiger partial charge in [0.05, 0.1) is 23.7 Å². The van der Waals surface area contributed by atoms with Gasteiger partial charge in [-0.25, -0.2) is 4.99 Å². The largest absolute Gasteiger partial charge is 0.326 e. The van der Waals surface area contributed by atoms with Crippen LogP contribution < -0.4 is 10.1 Å². The third-order valence-electron chi connectivity index (χ3n) is 3.69. The summed E-state index contributed by atoms with van der Waals surface area (Å²) in [5, 5.41) is 13.6. The Hall–Kier alpha value is -2.69. The molecule has 0 unspecified atom stereocenters. The molecule has 0 atom stereocenters. The molecule has 0 aliphatic carbocycles. The summed E-state index contributed by atoms with van der Waals surface area (Å²) < 4.78 is 2.89. The molecule has 1 aromatic heterocycles. The fourth-order valence-electron chi connectivity index (χ4n) is 2.32. The van der Waals surface area contributed by atoms with Crippen LogP contribution in [0.15, 0.2) is 63.4 Å². The van der Waals surface area contributed by atoms with E-state index in [0.717, 1.165) is 20.7 Å². The van der Waals surface area contributed by atoms with Crippen molar-refractivity contribution in [3.8, 4) is 6.07 Å². The molecule has 3 rings (SSSR count). The molecular formula is C19H15BrN4OS. The van der Waals surface area contributed by atoms with E-state index in [1.165, 1.54) is 11.3 Å². The van der Waals surface area contributed by atoms with Gasteiger partial charge in [0.1, 0.15) is 0 Å². The predicted molar refractivity (Wildman–Crippen MR) is 106 cm³/mol. The van der Waals surface area contributed by atoms with Gasteiger partial charge in [-0.15, -0.1) is 11.3 Å². The fourth-order valence-corrected chi connectivity index (χ4v) is 3.62. The van der Waals surface area contributed by atoms with Gasteiger partial charge in [0.15, 0.2) is 4.80 Å². The minimum atomic E-state index is -0.114. The number of benzene rings is 2. The maximum absolute atomic E-state index is 12.3. The van der Waals surface area contributed by atoms with E-state index >= 15 is 0 Å². The van der Waals surface area contributed by atoms with Crippen LogP contribution in [0, 0.1) is 11.3 Å². The first kappa shape index (κ1) is 18.1. The normalized spacial score (nSPS) is 11.2. The number of rotatable bonds is 4. The number of anilines is 1. The second kappa shape index (κ2) is 8.13. The maximum Gasteiger partial charge on any atom is 0.230 e. The van der Waals surface area contributed by atoms with E-state index in [0.29, 0.717) is 11.3 Å². The summed E-state index contributed by atoms with van der Waals surface area (Å²) >= 11 is 4.93. The molecule has 0 radical (unpaired) electrons. The van der Waals surface area contributed by atoms with Gasteiger partial charge in [-0.05, 0) is 42.5 Å². The van der Waals surface area contributed by atoms with Gasteiger partial charge >= 0.3 is 0 Å². The van der Waals surface area contributed by atoms with Crippen molar-refractivity contribution in [2.75, 3.05) is 5.32 Å². The average molecular weight is 427 g/mol. The van der Waals surface area contributed by atoms with E-state index in [-0.39, 0.29) is 12.3 Å². The molecule has 5 nitrogen and oxygen atoms in total. The van der Waals surface area contributed by atoms with Crippen LogP contribution in [0.1, 0.15) is 11.3 Å². The van der Waals surface area contributed by atoms with E-state index in [1.807, 2.05) is 41.3 Å². The molecule has 1 heterocycles. The second-order valence-electron chi connectivity index (χ2n) is 5.57. The van der Waals surface area contributed by atoms with Crippen molar-refractivity contribution < 1.29 is 4.79 Å². The monoisotopic (exact) mass is 426 g/mol. The summed E-state index contributed by atoms with van der Waals surface area (Å²) in [5.41, 5.74) is 2.97. The molecule has 0 saturated heterocycles. The van der Waals surface area contributed by atoms with E-state index < -0.39 is 0 Å². The molecular weight excluding hydrogens is 412 g/mol. The van der Waals surface area contributed by atoms with E-state index in [9.17, 15) is 4.79 Å². The van der Waals surface area contributed by atoms with E-state index in [4.69, 9.17) is 5.26 Å². The van der Waals surface area contributed by atoms with Crippen LogP contribution in [0.25, 0.3) is 0 Å². The van der Waals surface area contributed by atoms with Gasteiger partial charge < -0.3 is 9.88 Å². The molecule has 0 aliphatic heterocycles. The van der Waals surface area contributed by atoms with Crippen molar-refractivity contribution in [1.29, 1.82) is 5.26 Å². The van der Waals surface area contributed by atoms with Gasteiger partial charge in [-0.1, -0.05) is 22.0 Å². The third kappa shape index (κ3) is 4.48. The Bertz CT molecular complexity index is 1040. The number of carbonyl (C=O) groups excluding carboxylic acids is 1. The molecule has 3 aromatic rings. The third-order valence-corrected chi connectivity index (χ3v) is 5.15. The minimum Gasteiger partial charge on any atom is -0.326 e. The van der Waals surface area contributed by atoms with Crippen LogP contribution in [0.5, 0.6) is 0 Å². The number of carbonyl (C=O) groups is 1. The van der Waals surface area contributed by atoms with Crippen LogP contribution in [-0.4, -0.2) is 10.5 Å². The number of hydrogen-bond acceptors (Lipinski definition) is 4. The first-order valence-electron chi connectivity index (χ1n) is 7.79. The number of aromatic nitrogens is 1. The molecule has 0 spiro atoms. The molecule has 1 N–H and O–H groups in total. The molecule has 0 bridgehead atoms. The highest BCUT2D eigenvalue weighted by atomic mass is 79.9. The van der Waals surface area contributed by atoms with Gasteiger partial charge in [0, 0.05) is 28.3 Å². The molecule has 26 heavy (non-hydrogen) atoms. The van der Waals surface area contributed by atoms with Gasteiger partial charge in [0.25, 0.3) is 0 Å². The summed E-state index contributed by atoms with van der Waals surface area (Å²) in [7, 11) is 1.90. The Balaban J connectivity index is 1.73. The summed E-state index contributed by atoms with van der Waals surface area (Å²) in [6.45, 7) is 0. The first-order valence-corrected chi connectivity index (χ1v) is 9.46. The van der Waals surface area contributed by atoms with Crippen LogP contribution in [0.2, 0.25) is 0 Å². The lowest BCUT2D eigenvalue weighted by atomic mass is 10.2. The minimum absolute atomic E-state index is 0.114. The second-order valence-corrected chi connectivity index (χ2v) is 7.33. The first-order chi connectivity index (χ1) is 12.5. The molecule has 0 saturated carbocycles. The summed E-state index contributed by atoms with van der Waals surface area (Å²) in [6, 6.07) is 16.6. The molecule has 0 aliphatic rings. The standard InChI is InChI=1S/C19H15BrN4OS/c1-24-17(10-18(25)22-15-7-5-13(11-21)6-8-15)12-26-19(24)23-16-4-2-3-14(20)9-16/h2-9,12H,10H2,1H3,(H,22,25). The number of nitriles is 1. The SMILES string of the molecule is Cn1c(CC(=O)Nc2ccc(C#N)cc2)csc1=Nc1cccc(Br)c1. The van der Waals surface area contributed by atoms with Gasteiger partial charge in [-0.2, -0.15) is 5.26 Å². The zero-order valence-corrected chi connectivity index (χ0v) is 16.3. The number of halogens is 1. The Morgan fingerprint density at radius 1 is 1.31 bits per heavy atom. The number of amides is 1. The lowest BCUT2D eigenvalue weighted by Crippen LogP contribution is -2.19. The van der Waals surface area contributed by atoms with Crippen molar-refractivity contribution in [3.05, 3.63) is 74.4 Å². The van der Waals surface area contributed by atoms with Gasteiger partial charge in [-0.3, -0.25) is 4.79 Å². The maximum atomic E-state index is 12.3. The number of nitrogens with zero attached hydrogens (tertiary/aromatic N) is 3. The van der Waals surface area contributed by atoms with Crippen molar-refractivity contribution in [2.24, 2.45) is 12.0 Å². The van der Waals surface area contributed by atoms with Crippen LogP contribution in [0.3, 0.4) is 0 Å². The number of thiazole rings is 1. The smallest absolute Gasteiger partial charge is 0.230 e. The quantitative estimate of drug-likeness (QED) is 0.680. The highest BCUT2D eigenvalue weighted by molar-refractivity contribution is 9.10. The highest BCUT2D eigenvalue weighted by Gasteiger charge is 2.09. The number of hydrogen-bond donors (Lipinski definition) is 1. The van der Waals surface area contributed by atoms with Crippen molar-refractivity contribution in [3.63, 3.8) is 0 Å². The molecule has 2 aromatic carbocycles. The van der Waals surface area contributed by atoms with Gasteiger partial charge in [0.2, 0.25) is 5.91 Å². The van der Waals surface area contributed by atoms with Crippen LogP contribution in [-0.2, 0) is 18.3 Å².